The number of pyridine rings is 1. The van der Waals surface area contributed by atoms with Gasteiger partial charge in [-0.2, -0.15) is 4.98 Å². The number of aromatic nitrogens is 4. The zero-order chi connectivity index (χ0) is 25.3. The molecule has 2 amide bonds. The molecule has 12 heteroatoms. The van der Waals surface area contributed by atoms with E-state index in [0.717, 1.165) is 39.5 Å². The van der Waals surface area contributed by atoms with Gasteiger partial charge in [-0.05, 0) is 37.6 Å². The summed E-state index contributed by atoms with van der Waals surface area (Å²) in [6, 6.07) is 7.59. The van der Waals surface area contributed by atoms with Crippen molar-refractivity contribution in [2.45, 2.75) is 25.7 Å². The van der Waals surface area contributed by atoms with Crippen LogP contribution < -0.4 is 20.3 Å². The van der Waals surface area contributed by atoms with Gasteiger partial charge in [0.2, 0.25) is 5.89 Å². The van der Waals surface area contributed by atoms with E-state index < -0.39 is 5.41 Å². The van der Waals surface area contributed by atoms with Crippen LogP contribution in [-0.4, -0.2) is 64.6 Å². The van der Waals surface area contributed by atoms with Crippen molar-refractivity contribution >= 4 is 38.5 Å². The second-order valence-corrected chi connectivity index (χ2v) is 10.2. The van der Waals surface area contributed by atoms with E-state index in [1.54, 1.807) is 0 Å². The van der Waals surface area contributed by atoms with Crippen molar-refractivity contribution in [1.82, 2.24) is 25.4 Å². The quantitative estimate of drug-likeness (QED) is 0.343. The summed E-state index contributed by atoms with van der Waals surface area (Å²) in [5.41, 5.74) is 2.15. The van der Waals surface area contributed by atoms with Crippen molar-refractivity contribution in [3.63, 3.8) is 0 Å². The molecular weight excluding hydrogens is 482 g/mol. The van der Waals surface area contributed by atoms with Crippen molar-refractivity contribution in [1.29, 1.82) is 0 Å². The molecule has 4 heterocycles. The number of carbonyl (C=O) groups excluding carboxylic acids is 1. The number of likely N-dealkylation sites (N-methyl/N-ethyl adjacent to an activating group) is 1. The third-order valence-electron chi connectivity index (χ3n) is 5.90. The Hall–Kier alpha value is -3.77. The van der Waals surface area contributed by atoms with Crippen molar-refractivity contribution in [2.24, 2.45) is 0 Å². The summed E-state index contributed by atoms with van der Waals surface area (Å²) >= 11 is 1.40. The van der Waals surface area contributed by atoms with Crippen LogP contribution in [0.5, 0.6) is 5.75 Å². The van der Waals surface area contributed by atoms with Gasteiger partial charge in [0.25, 0.3) is 0 Å². The van der Waals surface area contributed by atoms with Crippen molar-refractivity contribution in [3.05, 3.63) is 42.2 Å². The van der Waals surface area contributed by atoms with E-state index in [2.05, 4.69) is 35.6 Å². The van der Waals surface area contributed by atoms with Gasteiger partial charge in [-0.1, -0.05) is 22.6 Å². The topological polar surface area (TPSA) is 139 Å². The molecule has 0 saturated carbocycles. The second-order valence-electron chi connectivity index (χ2n) is 9.21. The number of hydrogen-bond acceptors (Lipinski definition) is 10. The Morgan fingerprint density at radius 3 is 2.94 bits per heavy atom. The highest BCUT2D eigenvalue weighted by molar-refractivity contribution is 7.22. The number of benzene rings is 1. The predicted octanol–water partition coefficient (Wildman–Crippen LogP) is 3.20. The molecule has 3 aromatic heterocycles. The number of anilines is 2. The summed E-state index contributed by atoms with van der Waals surface area (Å²) in [6.07, 6.45) is 2.24. The van der Waals surface area contributed by atoms with Crippen LogP contribution in [-0.2, 0) is 11.8 Å². The smallest absolute Gasteiger partial charge is 0.321 e. The molecule has 3 N–H and O–H groups in total. The fraction of sp³-hybridized carbons (Fsp3) is 0.375. The fourth-order valence-electron chi connectivity index (χ4n) is 3.67. The van der Waals surface area contributed by atoms with Gasteiger partial charge in [0.1, 0.15) is 6.61 Å². The van der Waals surface area contributed by atoms with Crippen molar-refractivity contribution < 1.29 is 19.2 Å². The van der Waals surface area contributed by atoms with Gasteiger partial charge in [-0.25, -0.2) is 14.8 Å². The molecule has 1 aromatic carbocycles. The van der Waals surface area contributed by atoms with E-state index in [1.807, 2.05) is 51.4 Å². The number of hydrogen-bond donors (Lipinski definition) is 3. The van der Waals surface area contributed by atoms with E-state index in [-0.39, 0.29) is 12.6 Å². The number of amides is 2. The summed E-state index contributed by atoms with van der Waals surface area (Å²) < 4.78 is 11.9. The molecule has 1 aliphatic heterocycles. The number of nitrogens with zero attached hydrogens (tertiary/aromatic N) is 5. The van der Waals surface area contributed by atoms with Crippen LogP contribution in [0.3, 0.4) is 0 Å². The molecule has 36 heavy (non-hydrogen) atoms. The highest BCUT2D eigenvalue weighted by Gasteiger charge is 2.26. The SMILES string of the molecule is CN1CCOc2cc(-c3ccc4nc(NC(=O)NCCc5noc(C(C)(C)CO)n5)sc4c3)cnc21. The van der Waals surface area contributed by atoms with E-state index in [1.165, 1.54) is 11.3 Å². The maximum Gasteiger partial charge on any atom is 0.321 e. The van der Waals surface area contributed by atoms with Gasteiger partial charge in [-0.3, -0.25) is 5.32 Å². The van der Waals surface area contributed by atoms with Gasteiger partial charge in [0, 0.05) is 31.8 Å². The van der Waals surface area contributed by atoms with Gasteiger partial charge < -0.3 is 24.6 Å². The van der Waals surface area contributed by atoms with E-state index in [4.69, 9.17) is 9.26 Å². The molecule has 4 aromatic rings. The lowest BCUT2D eigenvalue weighted by Crippen LogP contribution is -2.30. The molecule has 0 atom stereocenters. The van der Waals surface area contributed by atoms with Crippen LogP contribution in [0.25, 0.3) is 21.3 Å². The molecule has 0 saturated heterocycles. The van der Waals surface area contributed by atoms with E-state index in [0.29, 0.717) is 36.4 Å². The van der Waals surface area contributed by atoms with Gasteiger partial charge in [0.05, 0.1) is 28.8 Å². The van der Waals surface area contributed by atoms with Crippen LogP contribution in [0.4, 0.5) is 15.7 Å². The zero-order valence-corrected chi connectivity index (χ0v) is 21.1. The van der Waals surface area contributed by atoms with Crippen LogP contribution in [0, 0.1) is 0 Å². The molecule has 188 valence electrons. The minimum Gasteiger partial charge on any atom is -0.488 e. The third-order valence-corrected chi connectivity index (χ3v) is 6.83. The number of fused-ring (bicyclic) bond motifs is 2. The minimum atomic E-state index is -0.607. The molecule has 0 radical (unpaired) electrons. The lowest BCUT2D eigenvalue weighted by atomic mass is 9.95. The average molecular weight is 510 g/mol. The molecule has 0 bridgehead atoms. The van der Waals surface area contributed by atoms with Gasteiger partial charge in [-0.15, -0.1) is 0 Å². The molecule has 0 aliphatic carbocycles. The third kappa shape index (κ3) is 4.95. The lowest BCUT2D eigenvalue weighted by Gasteiger charge is -2.26. The molecule has 0 unspecified atom stereocenters. The fourth-order valence-corrected chi connectivity index (χ4v) is 4.57. The molecule has 11 nitrogen and oxygen atoms in total. The Morgan fingerprint density at radius 1 is 1.25 bits per heavy atom. The summed E-state index contributed by atoms with van der Waals surface area (Å²) in [5, 5.41) is 19.4. The Bertz CT molecular complexity index is 1400. The van der Waals surface area contributed by atoms with Gasteiger partial charge in [0.15, 0.2) is 22.5 Å². The Morgan fingerprint density at radius 2 is 2.11 bits per heavy atom. The second kappa shape index (κ2) is 9.70. The van der Waals surface area contributed by atoms with E-state index >= 15 is 0 Å². The first-order valence-electron chi connectivity index (χ1n) is 11.6. The Labute approximate surface area is 211 Å². The van der Waals surface area contributed by atoms with Crippen LogP contribution >= 0.6 is 11.3 Å². The summed E-state index contributed by atoms with van der Waals surface area (Å²) in [5.74, 6) is 2.45. The minimum absolute atomic E-state index is 0.102. The summed E-state index contributed by atoms with van der Waals surface area (Å²) in [6.45, 7) is 5.30. The first kappa shape index (κ1) is 23.9. The monoisotopic (exact) mass is 509 g/mol. The predicted molar refractivity (Wildman–Crippen MR) is 137 cm³/mol. The molecular formula is C24H27N7O4S. The largest absolute Gasteiger partial charge is 0.488 e. The number of aliphatic hydroxyl groups is 1. The first-order valence-corrected chi connectivity index (χ1v) is 12.4. The Balaban J connectivity index is 1.20. The van der Waals surface area contributed by atoms with Crippen LogP contribution in [0.1, 0.15) is 25.6 Å². The number of ether oxygens (including phenoxy) is 1. The maximum atomic E-state index is 12.4. The number of thiazole rings is 1. The van der Waals surface area contributed by atoms with Crippen molar-refractivity contribution in [3.8, 4) is 16.9 Å². The molecule has 5 rings (SSSR count). The summed E-state index contributed by atoms with van der Waals surface area (Å²) in [4.78, 5) is 27.8. The molecule has 0 fully saturated rings. The zero-order valence-electron chi connectivity index (χ0n) is 20.2. The highest BCUT2D eigenvalue weighted by Crippen LogP contribution is 2.35. The number of rotatable bonds is 7. The van der Waals surface area contributed by atoms with Gasteiger partial charge >= 0.3 is 6.03 Å². The number of aliphatic hydroxyl groups excluding tert-OH is 1. The molecule has 1 aliphatic rings. The van der Waals surface area contributed by atoms with Crippen LogP contribution in [0.2, 0.25) is 0 Å². The first-order chi connectivity index (χ1) is 17.3. The molecule has 0 spiro atoms. The number of nitrogens with one attached hydrogen (secondary N) is 2. The maximum absolute atomic E-state index is 12.4. The number of carbonyl (C=O) groups is 1. The Kier molecular flexibility index (Phi) is 6.46. The number of urea groups is 1. The summed E-state index contributed by atoms with van der Waals surface area (Å²) in [7, 11) is 2.00. The normalized spacial score (nSPS) is 13.4. The lowest BCUT2D eigenvalue weighted by molar-refractivity contribution is 0.182. The van der Waals surface area contributed by atoms with E-state index in [9.17, 15) is 9.90 Å². The van der Waals surface area contributed by atoms with Crippen molar-refractivity contribution in [2.75, 3.05) is 43.6 Å². The highest BCUT2D eigenvalue weighted by atomic mass is 32.1. The standard InChI is InChI=1S/C24H27N7O4S/c1-24(2,13-32)21-28-19(30-35-21)6-7-25-22(33)29-23-27-16-5-4-14(11-18(16)36-23)15-10-17-20(26-12-15)31(3)8-9-34-17/h4-5,10-12,32H,6-9,13H2,1-3H3,(H2,25,27,29,33). The average Bonchev–Trinajstić information content (AvgIpc) is 3.50. The van der Waals surface area contributed by atoms with Crippen LogP contribution in [0.15, 0.2) is 35.0 Å².